The summed E-state index contributed by atoms with van der Waals surface area (Å²) in [6.45, 7) is 0.680. The van der Waals surface area contributed by atoms with Crippen LogP contribution in [0.25, 0.3) is 0 Å². The molecule has 0 atom stereocenters. The zero-order chi connectivity index (χ0) is 21.1. The second kappa shape index (κ2) is 8.96. The number of fused-ring (bicyclic) bond motifs is 1. The zero-order valence-electron chi connectivity index (χ0n) is 16.7. The Morgan fingerprint density at radius 3 is 2.63 bits per heavy atom. The monoisotopic (exact) mass is 447 g/mol. The maximum absolute atomic E-state index is 12.7. The molecule has 0 unspecified atom stereocenters. The van der Waals surface area contributed by atoms with E-state index in [9.17, 15) is 13.2 Å². The molecule has 2 amide bonds. The predicted octanol–water partition coefficient (Wildman–Crippen LogP) is 4.22. The van der Waals surface area contributed by atoms with E-state index in [4.69, 9.17) is 11.6 Å². The number of halogens is 1. The van der Waals surface area contributed by atoms with Gasteiger partial charge >= 0.3 is 6.03 Å². The summed E-state index contributed by atoms with van der Waals surface area (Å²) in [5.41, 5.74) is 2.37. The number of benzene rings is 2. The fourth-order valence-electron chi connectivity index (χ4n) is 4.15. The van der Waals surface area contributed by atoms with Crippen LogP contribution in [0.4, 0.5) is 10.5 Å². The molecule has 2 N–H and O–H groups in total. The van der Waals surface area contributed by atoms with E-state index in [0.717, 1.165) is 42.5 Å². The number of amides is 2. The van der Waals surface area contributed by atoms with Crippen LogP contribution in [-0.2, 0) is 23.0 Å². The van der Waals surface area contributed by atoms with E-state index in [2.05, 4.69) is 10.0 Å². The van der Waals surface area contributed by atoms with Gasteiger partial charge in [-0.25, -0.2) is 17.9 Å². The van der Waals surface area contributed by atoms with Gasteiger partial charge in [-0.2, -0.15) is 0 Å². The van der Waals surface area contributed by atoms with Crippen LogP contribution in [0.5, 0.6) is 0 Å². The van der Waals surface area contributed by atoms with Gasteiger partial charge in [-0.1, -0.05) is 49.1 Å². The number of hydrogen-bond donors (Lipinski definition) is 2. The number of rotatable bonds is 5. The van der Waals surface area contributed by atoms with Crippen LogP contribution in [0, 0.1) is 0 Å². The van der Waals surface area contributed by atoms with Crippen LogP contribution in [0.1, 0.15) is 43.2 Å². The summed E-state index contributed by atoms with van der Waals surface area (Å²) in [5, 5.41) is 3.66. The third-order valence-corrected chi connectivity index (χ3v) is 7.61. The van der Waals surface area contributed by atoms with Gasteiger partial charge in [0.2, 0.25) is 10.0 Å². The topological polar surface area (TPSA) is 78.5 Å². The fourth-order valence-corrected chi connectivity index (χ4v) is 5.41. The molecule has 8 heteroatoms. The van der Waals surface area contributed by atoms with Crippen molar-refractivity contribution in [3.8, 4) is 0 Å². The average molecular weight is 448 g/mol. The summed E-state index contributed by atoms with van der Waals surface area (Å²) in [7, 11) is -3.68. The molecule has 2 aromatic carbocycles. The molecule has 0 bridgehead atoms. The van der Waals surface area contributed by atoms with Crippen LogP contribution in [0.2, 0.25) is 5.02 Å². The van der Waals surface area contributed by atoms with Crippen molar-refractivity contribution in [2.45, 2.75) is 56.0 Å². The zero-order valence-corrected chi connectivity index (χ0v) is 18.3. The highest BCUT2D eigenvalue weighted by molar-refractivity contribution is 7.89. The van der Waals surface area contributed by atoms with E-state index in [-0.39, 0.29) is 23.5 Å². The van der Waals surface area contributed by atoms with Crippen molar-refractivity contribution in [2.24, 2.45) is 0 Å². The van der Waals surface area contributed by atoms with E-state index < -0.39 is 10.0 Å². The molecule has 1 aliphatic carbocycles. The molecule has 0 spiro atoms. The number of carbonyl (C=O) groups excluding carboxylic acids is 1. The van der Waals surface area contributed by atoms with Crippen molar-refractivity contribution in [1.29, 1.82) is 0 Å². The third-order valence-electron chi connectivity index (χ3n) is 5.85. The minimum Gasteiger partial charge on any atom is -0.335 e. The number of nitrogens with zero attached hydrogens (tertiary/aromatic N) is 1. The van der Waals surface area contributed by atoms with E-state index >= 15 is 0 Å². The largest absolute Gasteiger partial charge is 0.335 e. The molecule has 30 heavy (non-hydrogen) atoms. The molecule has 1 saturated carbocycles. The Kier molecular flexibility index (Phi) is 6.32. The summed E-state index contributed by atoms with van der Waals surface area (Å²) in [6.07, 6.45) is 6.25. The lowest BCUT2D eigenvalue weighted by Crippen LogP contribution is -2.45. The molecule has 0 aromatic heterocycles. The molecule has 2 aliphatic rings. The number of sulfonamides is 1. The van der Waals surface area contributed by atoms with Gasteiger partial charge < -0.3 is 5.32 Å². The van der Waals surface area contributed by atoms with Crippen LogP contribution in [0.15, 0.2) is 47.4 Å². The molecule has 0 radical (unpaired) electrons. The lowest BCUT2D eigenvalue weighted by Gasteiger charge is -2.26. The number of hydrogen-bond acceptors (Lipinski definition) is 3. The Morgan fingerprint density at radius 2 is 1.87 bits per heavy atom. The first-order chi connectivity index (χ1) is 14.4. The van der Waals surface area contributed by atoms with Gasteiger partial charge in [0.1, 0.15) is 0 Å². The first-order valence-corrected chi connectivity index (χ1v) is 12.2. The smallest absolute Gasteiger partial charge is 0.322 e. The summed E-state index contributed by atoms with van der Waals surface area (Å²) in [5.74, 6) is 0. The highest BCUT2D eigenvalue weighted by Gasteiger charge is 2.28. The molecule has 4 rings (SSSR count). The second-order valence-electron chi connectivity index (χ2n) is 7.89. The Morgan fingerprint density at radius 1 is 1.10 bits per heavy atom. The first kappa shape index (κ1) is 21.2. The molecule has 1 heterocycles. The highest BCUT2D eigenvalue weighted by Crippen LogP contribution is 2.31. The lowest BCUT2D eigenvalue weighted by molar-refractivity contribution is 0.238. The van der Waals surface area contributed by atoms with Crippen molar-refractivity contribution in [1.82, 2.24) is 10.0 Å². The Hall–Kier alpha value is -2.09. The molecule has 1 fully saturated rings. The van der Waals surface area contributed by atoms with Crippen molar-refractivity contribution in [3.05, 3.63) is 58.6 Å². The van der Waals surface area contributed by atoms with E-state index in [0.29, 0.717) is 18.0 Å². The molecular weight excluding hydrogens is 422 g/mol. The quantitative estimate of drug-likeness (QED) is 0.720. The standard InChI is InChI=1S/C22H26ClN3O3S/c23-20-9-5-4-6-17(20)15-24-30(28,29)19-10-11-21-16(14-19)12-13-26(21)22(27)25-18-7-2-1-3-8-18/h4-6,9-11,14,18,24H,1-3,7-8,12-13,15H2,(H,25,27). The van der Waals surface area contributed by atoms with Gasteiger partial charge in [-0.05, 0) is 54.7 Å². The van der Waals surface area contributed by atoms with Crippen LogP contribution in [0.3, 0.4) is 0 Å². The van der Waals surface area contributed by atoms with E-state index in [1.165, 1.54) is 6.42 Å². The summed E-state index contributed by atoms with van der Waals surface area (Å²) in [6, 6.07) is 12.2. The van der Waals surface area contributed by atoms with Crippen LogP contribution in [-0.4, -0.2) is 27.0 Å². The molecule has 6 nitrogen and oxygen atoms in total. The predicted molar refractivity (Wildman–Crippen MR) is 118 cm³/mol. The van der Waals surface area contributed by atoms with Gasteiger partial charge in [-0.3, -0.25) is 4.90 Å². The Bertz CT molecular complexity index is 1040. The maximum atomic E-state index is 12.7. The molecule has 2 aromatic rings. The number of anilines is 1. The Balaban J connectivity index is 1.45. The van der Waals surface area contributed by atoms with Crippen molar-refractivity contribution < 1.29 is 13.2 Å². The number of urea groups is 1. The maximum Gasteiger partial charge on any atom is 0.322 e. The van der Waals surface area contributed by atoms with Crippen molar-refractivity contribution >= 4 is 33.3 Å². The van der Waals surface area contributed by atoms with Gasteiger partial charge in [0.05, 0.1) is 4.90 Å². The van der Waals surface area contributed by atoms with Gasteiger partial charge in [0.25, 0.3) is 0 Å². The normalized spacial score (nSPS) is 17.0. The van der Waals surface area contributed by atoms with Gasteiger partial charge in [-0.15, -0.1) is 0 Å². The molecule has 160 valence electrons. The second-order valence-corrected chi connectivity index (χ2v) is 10.1. The van der Waals surface area contributed by atoms with Crippen molar-refractivity contribution in [3.63, 3.8) is 0 Å². The highest BCUT2D eigenvalue weighted by atomic mass is 35.5. The SMILES string of the molecule is O=C(NC1CCCCC1)N1CCc2cc(S(=O)(=O)NCc3ccccc3Cl)ccc21. The number of nitrogens with one attached hydrogen (secondary N) is 2. The average Bonchev–Trinajstić information content (AvgIpc) is 3.17. The van der Waals surface area contributed by atoms with Crippen LogP contribution < -0.4 is 14.9 Å². The molecule has 0 saturated heterocycles. The summed E-state index contributed by atoms with van der Waals surface area (Å²) >= 11 is 6.11. The minimum absolute atomic E-state index is 0.0897. The summed E-state index contributed by atoms with van der Waals surface area (Å²) in [4.78, 5) is 14.6. The number of carbonyl (C=O) groups is 1. The third kappa shape index (κ3) is 4.63. The fraction of sp³-hybridized carbons (Fsp3) is 0.409. The molecule has 1 aliphatic heterocycles. The summed E-state index contributed by atoms with van der Waals surface area (Å²) < 4.78 is 28.1. The van der Waals surface area contributed by atoms with Gasteiger partial charge in [0.15, 0.2) is 0 Å². The molecular formula is C22H26ClN3O3S. The van der Waals surface area contributed by atoms with Crippen molar-refractivity contribution in [2.75, 3.05) is 11.4 Å². The minimum atomic E-state index is -3.68. The van der Waals surface area contributed by atoms with Crippen LogP contribution >= 0.6 is 11.6 Å². The first-order valence-electron chi connectivity index (χ1n) is 10.4. The Labute approximate surface area is 182 Å². The van der Waals surface area contributed by atoms with E-state index in [1.54, 1.807) is 41.3 Å². The van der Waals surface area contributed by atoms with Gasteiger partial charge in [0, 0.05) is 29.8 Å². The lowest BCUT2D eigenvalue weighted by atomic mass is 9.96. The van der Waals surface area contributed by atoms with E-state index in [1.807, 2.05) is 6.07 Å².